The summed E-state index contributed by atoms with van der Waals surface area (Å²) in [5.74, 6) is -0.201. The van der Waals surface area contributed by atoms with Crippen molar-refractivity contribution in [3.8, 4) is 0 Å². The Morgan fingerprint density at radius 3 is 2.50 bits per heavy atom. The first kappa shape index (κ1) is 12.7. The average molecular weight is 238 g/mol. The monoisotopic (exact) mass is 238 g/mol. The van der Waals surface area contributed by atoms with E-state index in [0.29, 0.717) is 0 Å². The predicted molar refractivity (Wildman–Crippen MR) is 68.5 cm³/mol. The standard InChI is InChI=1S/C12H12FNS.H3N/c1-9-6-7-12(15-9)14(2)11-5-3-4-10(13)8-11;/h3-8H,1-2H3;1H3. The number of halogens is 1. The van der Waals surface area contributed by atoms with Gasteiger partial charge in [-0.05, 0) is 37.3 Å². The summed E-state index contributed by atoms with van der Waals surface area (Å²) >= 11 is 1.70. The lowest BCUT2D eigenvalue weighted by atomic mass is 10.3. The zero-order valence-electron chi connectivity index (χ0n) is 9.40. The van der Waals surface area contributed by atoms with Gasteiger partial charge in [0.05, 0.1) is 5.00 Å². The topological polar surface area (TPSA) is 38.2 Å². The smallest absolute Gasteiger partial charge is 0.125 e. The highest BCUT2D eigenvalue weighted by molar-refractivity contribution is 7.16. The summed E-state index contributed by atoms with van der Waals surface area (Å²) in [7, 11) is 1.94. The van der Waals surface area contributed by atoms with E-state index < -0.39 is 0 Å². The number of nitrogens with zero attached hydrogens (tertiary/aromatic N) is 1. The molecule has 4 heteroatoms. The number of thiophene rings is 1. The van der Waals surface area contributed by atoms with Crippen LogP contribution >= 0.6 is 11.3 Å². The first-order chi connectivity index (χ1) is 7.16. The second-order valence-corrected chi connectivity index (χ2v) is 4.69. The number of hydrogen-bond donors (Lipinski definition) is 1. The van der Waals surface area contributed by atoms with Gasteiger partial charge >= 0.3 is 0 Å². The van der Waals surface area contributed by atoms with Gasteiger partial charge in [0.1, 0.15) is 5.82 Å². The lowest BCUT2D eigenvalue weighted by Crippen LogP contribution is -2.07. The molecule has 1 heterocycles. The lowest BCUT2D eigenvalue weighted by molar-refractivity contribution is 0.628. The SMILES string of the molecule is Cc1ccc(N(C)c2cccc(F)c2)s1.N. The normalized spacial score (nSPS) is 9.69. The first-order valence-electron chi connectivity index (χ1n) is 4.72. The molecule has 1 aromatic heterocycles. The van der Waals surface area contributed by atoms with E-state index in [0.717, 1.165) is 10.7 Å². The lowest BCUT2D eigenvalue weighted by Gasteiger charge is -2.16. The maximum atomic E-state index is 13.0. The van der Waals surface area contributed by atoms with Crippen LogP contribution in [0, 0.1) is 12.7 Å². The van der Waals surface area contributed by atoms with Crippen molar-refractivity contribution in [3.05, 3.63) is 47.1 Å². The van der Waals surface area contributed by atoms with Crippen molar-refractivity contribution >= 4 is 22.0 Å². The first-order valence-corrected chi connectivity index (χ1v) is 5.54. The van der Waals surface area contributed by atoms with Crippen LogP contribution < -0.4 is 11.1 Å². The maximum Gasteiger partial charge on any atom is 0.125 e. The van der Waals surface area contributed by atoms with Gasteiger partial charge in [0.2, 0.25) is 0 Å². The highest BCUT2D eigenvalue weighted by Crippen LogP contribution is 2.30. The molecule has 0 atom stereocenters. The van der Waals surface area contributed by atoms with E-state index >= 15 is 0 Å². The Morgan fingerprint density at radius 1 is 1.19 bits per heavy atom. The van der Waals surface area contributed by atoms with Crippen molar-refractivity contribution < 1.29 is 4.39 Å². The number of benzene rings is 1. The molecule has 0 saturated carbocycles. The van der Waals surface area contributed by atoms with Gasteiger partial charge in [-0.15, -0.1) is 11.3 Å². The molecule has 3 N–H and O–H groups in total. The zero-order valence-corrected chi connectivity index (χ0v) is 10.2. The van der Waals surface area contributed by atoms with Gasteiger partial charge < -0.3 is 11.1 Å². The number of anilines is 2. The Morgan fingerprint density at radius 2 is 1.94 bits per heavy atom. The van der Waals surface area contributed by atoms with E-state index in [-0.39, 0.29) is 12.0 Å². The van der Waals surface area contributed by atoms with Crippen LogP contribution in [0.2, 0.25) is 0 Å². The van der Waals surface area contributed by atoms with Crippen LogP contribution in [0.5, 0.6) is 0 Å². The Balaban J connectivity index is 0.00000128. The van der Waals surface area contributed by atoms with Crippen molar-refractivity contribution in [3.63, 3.8) is 0 Å². The molecular weight excluding hydrogens is 223 g/mol. The third kappa shape index (κ3) is 2.59. The summed E-state index contributed by atoms with van der Waals surface area (Å²) in [5, 5.41) is 1.12. The average Bonchev–Trinajstić information content (AvgIpc) is 2.64. The molecule has 0 spiro atoms. The summed E-state index contributed by atoms with van der Waals surface area (Å²) in [6.07, 6.45) is 0. The van der Waals surface area contributed by atoms with Crippen LogP contribution in [-0.2, 0) is 0 Å². The summed E-state index contributed by atoms with van der Waals surface area (Å²) in [6, 6.07) is 10.7. The maximum absolute atomic E-state index is 13.0. The van der Waals surface area contributed by atoms with Gasteiger partial charge in [0, 0.05) is 17.6 Å². The van der Waals surface area contributed by atoms with E-state index in [4.69, 9.17) is 0 Å². The number of rotatable bonds is 2. The van der Waals surface area contributed by atoms with Gasteiger partial charge in [0.15, 0.2) is 0 Å². The van der Waals surface area contributed by atoms with Gasteiger partial charge in [-0.3, -0.25) is 0 Å². The van der Waals surface area contributed by atoms with Crippen LogP contribution in [0.15, 0.2) is 36.4 Å². The highest BCUT2D eigenvalue weighted by Gasteiger charge is 2.06. The Bertz CT molecular complexity index is 468. The third-order valence-corrected chi connectivity index (χ3v) is 3.33. The molecule has 0 fully saturated rings. The summed E-state index contributed by atoms with van der Waals surface area (Å²) < 4.78 is 13.0. The molecule has 0 saturated heterocycles. The Labute approximate surface area is 98.9 Å². The molecule has 0 aliphatic rings. The molecule has 0 amide bonds. The van der Waals surface area contributed by atoms with Crippen molar-refractivity contribution in [1.29, 1.82) is 0 Å². The van der Waals surface area contributed by atoms with E-state index in [2.05, 4.69) is 13.0 Å². The zero-order chi connectivity index (χ0) is 10.8. The van der Waals surface area contributed by atoms with Crippen LogP contribution in [0.25, 0.3) is 0 Å². The van der Waals surface area contributed by atoms with Crippen molar-refractivity contribution in [2.75, 3.05) is 11.9 Å². The molecule has 0 aliphatic heterocycles. The summed E-state index contributed by atoms with van der Waals surface area (Å²) in [6.45, 7) is 2.06. The molecule has 0 aliphatic carbocycles. The molecule has 2 nitrogen and oxygen atoms in total. The van der Waals surface area contributed by atoms with E-state index in [1.165, 1.54) is 17.0 Å². The molecule has 2 rings (SSSR count). The van der Waals surface area contributed by atoms with Crippen molar-refractivity contribution in [1.82, 2.24) is 6.15 Å². The van der Waals surface area contributed by atoms with E-state index in [1.54, 1.807) is 17.4 Å². The molecule has 1 aromatic carbocycles. The third-order valence-electron chi connectivity index (χ3n) is 2.25. The Kier molecular flexibility index (Phi) is 4.04. The fraction of sp³-hybridized carbons (Fsp3) is 0.167. The van der Waals surface area contributed by atoms with E-state index in [9.17, 15) is 4.39 Å². The minimum absolute atomic E-state index is 0. The summed E-state index contributed by atoms with van der Waals surface area (Å²) in [4.78, 5) is 3.24. The molecular formula is C12H15FN2S. The molecule has 16 heavy (non-hydrogen) atoms. The molecule has 2 aromatic rings. The minimum atomic E-state index is -0.201. The van der Waals surface area contributed by atoms with Crippen molar-refractivity contribution in [2.24, 2.45) is 0 Å². The molecule has 0 radical (unpaired) electrons. The largest absolute Gasteiger partial charge is 0.344 e. The fourth-order valence-electron chi connectivity index (χ4n) is 1.41. The second-order valence-electron chi connectivity index (χ2n) is 3.42. The minimum Gasteiger partial charge on any atom is -0.344 e. The van der Waals surface area contributed by atoms with Crippen LogP contribution in [-0.4, -0.2) is 7.05 Å². The highest BCUT2D eigenvalue weighted by atomic mass is 32.1. The van der Waals surface area contributed by atoms with Gasteiger partial charge in [-0.1, -0.05) is 6.07 Å². The quantitative estimate of drug-likeness (QED) is 0.854. The van der Waals surface area contributed by atoms with Crippen LogP contribution in [0.4, 0.5) is 15.1 Å². The number of hydrogen-bond acceptors (Lipinski definition) is 3. The molecule has 86 valence electrons. The molecule has 0 bridgehead atoms. The van der Waals surface area contributed by atoms with E-state index in [1.807, 2.05) is 24.1 Å². The van der Waals surface area contributed by atoms with Crippen LogP contribution in [0.3, 0.4) is 0 Å². The van der Waals surface area contributed by atoms with Crippen molar-refractivity contribution in [2.45, 2.75) is 6.92 Å². The Hall–Kier alpha value is -1.39. The summed E-state index contributed by atoms with van der Waals surface area (Å²) in [5.41, 5.74) is 0.872. The van der Waals surface area contributed by atoms with Gasteiger partial charge in [-0.25, -0.2) is 4.39 Å². The number of aryl methyl sites for hydroxylation is 1. The van der Waals surface area contributed by atoms with Gasteiger partial charge in [0.25, 0.3) is 0 Å². The predicted octanol–water partition coefficient (Wildman–Crippen LogP) is 4.13. The molecule has 0 unspecified atom stereocenters. The second kappa shape index (κ2) is 5.09. The van der Waals surface area contributed by atoms with Gasteiger partial charge in [-0.2, -0.15) is 0 Å². The fourth-order valence-corrected chi connectivity index (χ4v) is 2.26. The van der Waals surface area contributed by atoms with Crippen LogP contribution in [0.1, 0.15) is 4.88 Å².